The molecule has 1 aliphatic rings. The lowest BCUT2D eigenvalue weighted by Crippen LogP contribution is -2.70. The first-order valence-corrected chi connectivity index (χ1v) is 7.37. The summed E-state index contributed by atoms with van der Waals surface area (Å²) in [5.74, 6) is -42.2. The molecular weight excluding hydrogens is 459 g/mol. The average Bonchev–Trinajstić information content (AvgIpc) is 2.56. The summed E-state index contributed by atoms with van der Waals surface area (Å²) in [6.45, 7) is 1.72. The van der Waals surface area contributed by atoms with Gasteiger partial charge in [0.2, 0.25) is 0 Å². The zero-order chi connectivity index (χ0) is 24.5. The van der Waals surface area contributed by atoms with Gasteiger partial charge < -0.3 is 0 Å². The molecule has 2 nitrogen and oxygen atoms in total. The van der Waals surface area contributed by atoms with Gasteiger partial charge in [-0.2, -0.15) is 57.1 Å². The SMILES string of the molecule is CC1=C(C)C(=O)C(C(F)(F)C(F)(F)C(F)(F)C(F)(F)C(F)(F)C(F)(F)F)=C(C)C1=O. The lowest BCUT2D eigenvalue weighted by molar-refractivity contribution is -0.436. The van der Waals surface area contributed by atoms with Crippen molar-refractivity contribution >= 4 is 11.6 Å². The van der Waals surface area contributed by atoms with Gasteiger partial charge in [0.15, 0.2) is 11.6 Å². The third-order valence-electron chi connectivity index (χ3n) is 4.43. The van der Waals surface area contributed by atoms with E-state index < -0.39 is 69.6 Å². The fourth-order valence-corrected chi connectivity index (χ4v) is 2.40. The van der Waals surface area contributed by atoms with E-state index in [0.717, 1.165) is 6.92 Å². The van der Waals surface area contributed by atoms with Crippen LogP contribution in [-0.2, 0) is 9.59 Å². The lowest BCUT2D eigenvalue weighted by atomic mass is 9.79. The molecule has 172 valence electrons. The molecule has 0 N–H and O–H groups in total. The van der Waals surface area contributed by atoms with Gasteiger partial charge in [-0.05, 0) is 20.8 Å². The van der Waals surface area contributed by atoms with Gasteiger partial charge in [0.05, 0.1) is 5.57 Å². The van der Waals surface area contributed by atoms with Crippen molar-refractivity contribution < 1.29 is 66.7 Å². The maximum atomic E-state index is 14.2. The van der Waals surface area contributed by atoms with Gasteiger partial charge in [-0.15, -0.1) is 0 Å². The molecule has 0 atom stereocenters. The Hall–Kier alpha value is -2.09. The summed E-state index contributed by atoms with van der Waals surface area (Å²) >= 11 is 0. The highest BCUT2D eigenvalue weighted by Gasteiger charge is 2.91. The summed E-state index contributed by atoms with van der Waals surface area (Å²) in [6.07, 6.45) is -7.53. The van der Waals surface area contributed by atoms with Crippen molar-refractivity contribution in [2.45, 2.75) is 56.6 Å². The fourth-order valence-electron chi connectivity index (χ4n) is 2.40. The predicted molar refractivity (Wildman–Crippen MR) is 71.9 cm³/mol. The summed E-state index contributed by atoms with van der Waals surface area (Å²) in [6, 6.07) is 0. The van der Waals surface area contributed by atoms with Crippen LogP contribution in [0.5, 0.6) is 0 Å². The number of alkyl halides is 13. The molecule has 0 spiro atoms. The number of halogens is 13. The molecule has 0 bridgehead atoms. The number of rotatable bonds is 5. The first-order valence-electron chi connectivity index (χ1n) is 7.37. The van der Waals surface area contributed by atoms with Crippen molar-refractivity contribution in [1.29, 1.82) is 0 Å². The highest BCUT2D eigenvalue weighted by molar-refractivity contribution is 6.25. The van der Waals surface area contributed by atoms with E-state index in [4.69, 9.17) is 0 Å². The fraction of sp³-hybridized carbons (Fsp3) is 0.600. The van der Waals surface area contributed by atoms with Crippen LogP contribution in [0.4, 0.5) is 57.1 Å². The number of hydrogen-bond donors (Lipinski definition) is 0. The molecule has 0 fully saturated rings. The molecule has 0 aromatic carbocycles. The van der Waals surface area contributed by atoms with E-state index in [1.54, 1.807) is 0 Å². The normalized spacial score (nSPS) is 18.5. The van der Waals surface area contributed by atoms with E-state index in [2.05, 4.69) is 0 Å². The van der Waals surface area contributed by atoms with Gasteiger partial charge in [-0.3, -0.25) is 9.59 Å². The highest BCUT2D eigenvalue weighted by Crippen LogP contribution is 2.61. The molecule has 0 aromatic heterocycles. The molecule has 1 rings (SSSR count). The summed E-state index contributed by atoms with van der Waals surface area (Å²) in [5, 5.41) is 0. The Morgan fingerprint density at radius 1 is 0.467 bits per heavy atom. The zero-order valence-corrected chi connectivity index (χ0v) is 14.7. The number of hydrogen-bond acceptors (Lipinski definition) is 2. The number of carbonyl (C=O) groups is 2. The topological polar surface area (TPSA) is 34.1 Å². The lowest BCUT2D eigenvalue weighted by Gasteiger charge is -2.40. The van der Waals surface area contributed by atoms with Crippen LogP contribution in [0, 0.1) is 0 Å². The van der Waals surface area contributed by atoms with Crippen LogP contribution < -0.4 is 0 Å². The summed E-state index contributed by atoms with van der Waals surface area (Å²) < 4.78 is 172. The second-order valence-electron chi connectivity index (χ2n) is 6.28. The second kappa shape index (κ2) is 6.70. The molecule has 0 radical (unpaired) electrons. The Labute approximate surface area is 158 Å². The molecule has 1 aliphatic carbocycles. The van der Waals surface area contributed by atoms with Crippen molar-refractivity contribution in [1.82, 2.24) is 0 Å². The molecule has 15 heteroatoms. The minimum Gasteiger partial charge on any atom is -0.289 e. The van der Waals surface area contributed by atoms with Crippen LogP contribution in [0.15, 0.2) is 22.3 Å². The van der Waals surface area contributed by atoms with Crippen LogP contribution in [0.25, 0.3) is 0 Å². The first kappa shape index (κ1) is 25.9. The standard InChI is InChI=1S/C15H9F13O2/c1-4-5(2)9(30)7(6(3)8(4)29)10(16,17)11(18,19)12(20,21)13(22,23)14(24,25)15(26,27)28/h1-3H3. The van der Waals surface area contributed by atoms with E-state index in [1.807, 2.05) is 0 Å². The molecule has 0 saturated carbocycles. The molecule has 30 heavy (non-hydrogen) atoms. The Morgan fingerprint density at radius 3 is 1.17 bits per heavy atom. The number of ketones is 2. The van der Waals surface area contributed by atoms with Crippen molar-refractivity contribution in [3.05, 3.63) is 22.3 Å². The van der Waals surface area contributed by atoms with Crippen LogP contribution in [-0.4, -0.2) is 47.4 Å². The van der Waals surface area contributed by atoms with Gasteiger partial charge >= 0.3 is 35.8 Å². The summed E-state index contributed by atoms with van der Waals surface area (Å²) in [5.41, 5.74) is -5.91. The highest BCUT2D eigenvalue weighted by atomic mass is 19.4. The van der Waals surface area contributed by atoms with Crippen LogP contribution in [0.3, 0.4) is 0 Å². The number of carbonyl (C=O) groups excluding carboxylic acids is 2. The minimum atomic E-state index is -8.08. The van der Waals surface area contributed by atoms with E-state index >= 15 is 0 Å². The average molecular weight is 468 g/mol. The molecular formula is C15H9F13O2. The Bertz CT molecular complexity index is 843. The van der Waals surface area contributed by atoms with Gasteiger partial charge in [-0.1, -0.05) is 0 Å². The molecule has 0 heterocycles. The van der Waals surface area contributed by atoms with Crippen LogP contribution in [0.2, 0.25) is 0 Å². The molecule has 0 saturated heterocycles. The van der Waals surface area contributed by atoms with Crippen molar-refractivity contribution in [2.75, 3.05) is 0 Å². The van der Waals surface area contributed by atoms with E-state index in [1.165, 1.54) is 0 Å². The zero-order valence-electron chi connectivity index (χ0n) is 14.7. The van der Waals surface area contributed by atoms with Crippen molar-refractivity contribution in [2.24, 2.45) is 0 Å². The van der Waals surface area contributed by atoms with Crippen LogP contribution in [0.1, 0.15) is 20.8 Å². The van der Waals surface area contributed by atoms with Gasteiger partial charge in [0.25, 0.3) is 0 Å². The van der Waals surface area contributed by atoms with E-state index in [9.17, 15) is 66.7 Å². The molecule has 0 unspecified atom stereocenters. The molecule has 0 amide bonds. The van der Waals surface area contributed by atoms with Crippen molar-refractivity contribution in [3.63, 3.8) is 0 Å². The largest absolute Gasteiger partial charge is 0.460 e. The van der Waals surface area contributed by atoms with Gasteiger partial charge in [-0.25, -0.2) is 0 Å². The Kier molecular flexibility index (Phi) is 5.80. The van der Waals surface area contributed by atoms with Crippen molar-refractivity contribution in [3.8, 4) is 0 Å². The maximum absolute atomic E-state index is 14.2. The smallest absolute Gasteiger partial charge is 0.289 e. The Morgan fingerprint density at radius 2 is 0.800 bits per heavy atom. The first-order chi connectivity index (χ1) is 12.9. The third kappa shape index (κ3) is 3.02. The van der Waals surface area contributed by atoms with E-state index in [-0.39, 0.29) is 6.92 Å². The summed E-state index contributed by atoms with van der Waals surface area (Å²) in [7, 11) is 0. The minimum absolute atomic E-state index is 0.260. The Balaban J connectivity index is 3.78. The van der Waals surface area contributed by atoms with E-state index in [0.29, 0.717) is 6.92 Å². The second-order valence-corrected chi connectivity index (χ2v) is 6.28. The maximum Gasteiger partial charge on any atom is 0.460 e. The monoisotopic (exact) mass is 468 g/mol. The predicted octanol–water partition coefficient (Wildman–Crippen LogP) is 5.53. The number of allylic oxidation sites excluding steroid dienone is 4. The van der Waals surface area contributed by atoms with Crippen LogP contribution >= 0.6 is 0 Å². The summed E-state index contributed by atoms with van der Waals surface area (Å²) in [4.78, 5) is 23.6. The third-order valence-corrected chi connectivity index (χ3v) is 4.43. The quantitative estimate of drug-likeness (QED) is 0.393. The molecule has 0 aliphatic heterocycles. The van der Waals surface area contributed by atoms with Gasteiger partial charge in [0, 0.05) is 16.7 Å². The van der Waals surface area contributed by atoms with Gasteiger partial charge in [0.1, 0.15) is 0 Å². The molecule has 0 aromatic rings. The number of Topliss-reactive ketones (excluding diaryl/α,β-unsaturated/α-hetero) is 2.